The van der Waals surface area contributed by atoms with E-state index >= 15 is 0 Å². The zero-order valence-electron chi connectivity index (χ0n) is 16.0. The van der Waals surface area contributed by atoms with Gasteiger partial charge in [0.1, 0.15) is 17.9 Å². The first kappa shape index (κ1) is 23.5. The maximum Gasteiger partial charge on any atom is 0.191 e. The first-order valence-electron chi connectivity index (χ1n) is 8.89. The summed E-state index contributed by atoms with van der Waals surface area (Å²) >= 11 is 6.28. The largest absolute Gasteiger partial charge is 0.497 e. The number of aliphatic imine (C=N–C) groups is 1. The molecule has 0 fully saturated rings. The zero-order valence-corrected chi connectivity index (χ0v) is 19.1. The van der Waals surface area contributed by atoms with Gasteiger partial charge in [-0.1, -0.05) is 24.6 Å². The van der Waals surface area contributed by atoms with Crippen molar-refractivity contribution >= 4 is 41.5 Å². The summed E-state index contributed by atoms with van der Waals surface area (Å²) in [6, 6.07) is 5.72. The second-order valence-electron chi connectivity index (χ2n) is 5.69. The smallest absolute Gasteiger partial charge is 0.191 e. The average molecular weight is 507 g/mol. The van der Waals surface area contributed by atoms with Crippen LogP contribution < -0.4 is 15.4 Å². The van der Waals surface area contributed by atoms with Gasteiger partial charge in [0.25, 0.3) is 0 Å². The number of aryl methyl sites for hydroxylation is 1. The van der Waals surface area contributed by atoms with Gasteiger partial charge in [-0.05, 0) is 31.0 Å². The van der Waals surface area contributed by atoms with Gasteiger partial charge in [-0.15, -0.1) is 34.2 Å². The molecule has 9 heteroatoms. The van der Waals surface area contributed by atoms with Crippen molar-refractivity contribution in [1.82, 2.24) is 25.4 Å². The van der Waals surface area contributed by atoms with E-state index in [0.29, 0.717) is 11.6 Å². The SMILES string of the molecule is CCNC(=NCCc1ccc(OC)cc1Cl)NCCn1cnnc1CC.I. The normalized spacial score (nSPS) is 11.0. The van der Waals surface area contributed by atoms with Crippen LogP contribution in [0.25, 0.3) is 0 Å². The lowest BCUT2D eigenvalue weighted by Crippen LogP contribution is -2.39. The highest BCUT2D eigenvalue weighted by atomic mass is 127. The summed E-state index contributed by atoms with van der Waals surface area (Å²) in [5.41, 5.74) is 1.06. The van der Waals surface area contributed by atoms with Gasteiger partial charge in [0, 0.05) is 37.6 Å². The number of aromatic nitrogens is 3. The molecule has 1 aromatic carbocycles. The molecule has 2 N–H and O–H groups in total. The molecular formula is C18H28ClIN6O. The van der Waals surface area contributed by atoms with Crippen molar-refractivity contribution < 1.29 is 4.74 Å². The molecule has 2 rings (SSSR count). The Morgan fingerprint density at radius 2 is 2.11 bits per heavy atom. The monoisotopic (exact) mass is 506 g/mol. The highest BCUT2D eigenvalue weighted by Crippen LogP contribution is 2.22. The van der Waals surface area contributed by atoms with Crippen LogP contribution in [0.15, 0.2) is 29.5 Å². The van der Waals surface area contributed by atoms with Crippen molar-refractivity contribution in [2.24, 2.45) is 4.99 Å². The number of guanidine groups is 1. The Hall–Kier alpha value is -1.55. The molecule has 0 bridgehead atoms. The second kappa shape index (κ2) is 12.8. The molecule has 0 radical (unpaired) electrons. The predicted molar refractivity (Wildman–Crippen MR) is 121 cm³/mol. The summed E-state index contributed by atoms with van der Waals surface area (Å²) in [5.74, 6) is 2.55. The van der Waals surface area contributed by atoms with Gasteiger partial charge in [-0.25, -0.2) is 0 Å². The molecular weight excluding hydrogens is 479 g/mol. The molecule has 0 aliphatic heterocycles. The summed E-state index contributed by atoms with van der Waals surface area (Å²) in [4.78, 5) is 4.62. The molecule has 0 saturated heterocycles. The van der Waals surface area contributed by atoms with Crippen molar-refractivity contribution in [3.63, 3.8) is 0 Å². The highest BCUT2D eigenvalue weighted by molar-refractivity contribution is 14.0. The lowest BCUT2D eigenvalue weighted by atomic mass is 10.1. The molecule has 2 aromatic rings. The number of methoxy groups -OCH3 is 1. The number of benzene rings is 1. The number of nitrogens with zero attached hydrogens (tertiary/aromatic N) is 4. The number of halogens is 2. The van der Waals surface area contributed by atoms with E-state index in [1.54, 1.807) is 13.4 Å². The molecule has 1 heterocycles. The van der Waals surface area contributed by atoms with Gasteiger partial charge < -0.3 is 19.9 Å². The average Bonchev–Trinajstić information content (AvgIpc) is 3.10. The number of rotatable bonds is 9. The van der Waals surface area contributed by atoms with Gasteiger partial charge in [-0.2, -0.15) is 0 Å². The van der Waals surface area contributed by atoms with Crippen LogP contribution in [0.5, 0.6) is 5.75 Å². The van der Waals surface area contributed by atoms with E-state index in [2.05, 4.69) is 32.7 Å². The Bertz CT molecular complexity index is 722. The quantitative estimate of drug-likeness (QED) is 0.311. The van der Waals surface area contributed by atoms with Gasteiger partial charge in [0.15, 0.2) is 5.96 Å². The van der Waals surface area contributed by atoms with E-state index in [9.17, 15) is 0 Å². The van der Waals surface area contributed by atoms with Crippen molar-refractivity contribution in [3.05, 3.63) is 40.9 Å². The zero-order chi connectivity index (χ0) is 18.8. The lowest BCUT2D eigenvalue weighted by molar-refractivity contribution is 0.414. The lowest BCUT2D eigenvalue weighted by Gasteiger charge is -2.12. The standard InChI is InChI=1S/C18H27ClN6O.HI/c1-4-17-24-23-13-25(17)11-10-22-18(20-5-2)21-9-8-14-6-7-15(26-3)12-16(14)19;/h6-7,12-13H,4-5,8-11H2,1-3H3,(H2,20,21,22);1H. The summed E-state index contributed by atoms with van der Waals surface area (Å²) in [7, 11) is 1.63. The van der Waals surface area contributed by atoms with Crippen LogP contribution >= 0.6 is 35.6 Å². The second-order valence-corrected chi connectivity index (χ2v) is 6.10. The summed E-state index contributed by atoms with van der Waals surface area (Å²) in [6.45, 7) is 7.12. The van der Waals surface area contributed by atoms with E-state index in [4.69, 9.17) is 16.3 Å². The van der Waals surface area contributed by atoms with Crippen LogP contribution in [0.1, 0.15) is 25.2 Å². The van der Waals surface area contributed by atoms with E-state index in [0.717, 1.165) is 55.6 Å². The maximum absolute atomic E-state index is 6.28. The van der Waals surface area contributed by atoms with Gasteiger partial charge in [0.2, 0.25) is 0 Å². The Kier molecular flexibility index (Phi) is 11.1. The molecule has 0 spiro atoms. The summed E-state index contributed by atoms with van der Waals surface area (Å²) in [5, 5.41) is 15.3. The maximum atomic E-state index is 6.28. The Balaban J connectivity index is 0.00000364. The molecule has 0 aliphatic rings. The fraction of sp³-hybridized carbons (Fsp3) is 0.500. The minimum absolute atomic E-state index is 0. The third kappa shape index (κ3) is 7.53. The van der Waals surface area contributed by atoms with Crippen LogP contribution in [0.3, 0.4) is 0 Å². The Labute approximate surface area is 183 Å². The molecule has 0 aliphatic carbocycles. The molecule has 0 unspecified atom stereocenters. The van der Waals surface area contributed by atoms with E-state index in [1.165, 1.54) is 0 Å². The number of ether oxygens (including phenoxy) is 1. The van der Waals surface area contributed by atoms with E-state index in [-0.39, 0.29) is 24.0 Å². The highest BCUT2D eigenvalue weighted by Gasteiger charge is 2.04. The molecule has 27 heavy (non-hydrogen) atoms. The third-order valence-electron chi connectivity index (χ3n) is 3.91. The third-order valence-corrected chi connectivity index (χ3v) is 4.26. The number of hydrogen-bond donors (Lipinski definition) is 2. The van der Waals surface area contributed by atoms with E-state index < -0.39 is 0 Å². The molecule has 7 nitrogen and oxygen atoms in total. The van der Waals surface area contributed by atoms with Crippen LogP contribution in [0.2, 0.25) is 5.02 Å². The number of nitrogens with one attached hydrogen (secondary N) is 2. The fourth-order valence-electron chi connectivity index (χ4n) is 2.52. The van der Waals surface area contributed by atoms with Crippen LogP contribution in [0, 0.1) is 0 Å². The van der Waals surface area contributed by atoms with Crippen molar-refractivity contribution in [1.29, 1.82) is 0 Å². The van der Waals surface area contributed by atoms with Crippen LogP contribution in [-0.2, 0) is 19.4 Å². The summed E-state index contributed by atoms with van der Waals surface area (Å²) < 4.78 is 7.22. The molecule has 0 atom stereocenters. The molecule has 0 amide bonds. The Morgan fingerprint density at radius 1 is 1.30 bits per heavy atom. The first-order valence-corrected chi connectivity index (χ1v) is 9.27. The van der Waals surface area contributed by atoms with Crippen molar-refractivity contribution in [3.8, 4) is 5.75 Å². The summed E-state index contributed by atoms with van der Waals surface area (Å²) in [6.07, 6.45) is 3.40. The van der Waals surface area contributed by atoms with Crippen LogP contribution in [-0.4, -0.2) is 47.5 Å². The van der Waals surface area contributed by atoms with Gasteiger partial charge in [-0.3, -0.25) is 4.99 Å². The van der Waals surface area contributed by atoms with Crippen molar-refractivity contribution in [2.45, 2.75) is 33.2 Å². The number of hydrogen-bond acceptors (Lipinski definition) is 4. The molecule has 0 saturated carbocycles. The Morgan fingerprint density at radius 3 is 2.78 bits per heavy atom. The predicted octanol–water partition coefficient (Wildman–Crippen LogP) is 2.92. The molecule has 150 valence electrons. The molecule has 1 aromatic heterocycles. The van der Waals surface area contributed by atoms with Crippen LogP contribution in [0.4, 0.5) is 0 Å². The first-order chi connectivity index (χ1) is 12.7. The van der Waals surface area contributed by atoms with E-state index in [1.807, 2.05) is 29.7 Å². The van der Waals surface area contributed by atoms with Gasteiger partial charge >= 0.3 is 0 Å². The minimum Gasteiger partial charge on any atom is -0.497 e. The fourth-order valence-corrected chi connectivity index (χ4v) is 2.79. The van der Waals surface area contributed by atoms with Gasteiger partial charge in [0.05, 0.1) is 7.11 Å². The topological polar surface area (TPSA) is 76.4 Å². The minimum atomic E-state index is 0. The van der Waals surface area contributed by atoms with Crippen molar-refractivity contribution in [2.75, 3.05) is 26.7 Å².